The lowest BCUT2D eigenvalue weighted by Crippen LogP contribution is -2.32. The predicted molar refractivity (Wildman–Crippen MR) is 93.4 cm³/mol. The number of nitrogens with zero attached hydrogens (tertiary/aromatic N) is 3. The van der Waals surface area contributed by atoms with Crippen LogP contribution in [0, 0.1) is 5.92 Å². The molecule has 1 aromatic heterocycles. The van der Waals surface area contributed by atoms with Crippen molar-refractivity contribution in [3.63, 3.8) is 0 Å². The molecule has 24 heavy (non-hydrogen) atoms. The fraction of sp³-hybridized carbons (Fsp3) is 0.474. The smallest absolute Gasteiger partial charge is 0.257 e. The third kappa shape index (κ3) is 3.51. The standard InChI is InChI=1S/C19H25N3O2/c1-3-7-18-17(12-20-22(18)16-8-5-4-6-9-16)19(23)21(2)13-15-10-11-24-14-15/h4-6,8-9,12,15H,3,7,10-11,13-14H2,1-2H3/t15-/m0/s1. The second kappa shape index (κ2) is 7.62. The van der Waals surface area contributed by atoms with E-state index in [4.69, 9.17) is 4.74 Å². The van der Waals surface area contributed by atoms with Gasteiger partial charge in [0.1, 0.15) is 0 Å². The highest BCUT2D eigenvalue weighted by Crippen LogP contribution is 2.20. The molecule has 0 spiro atoms. The van der Waals surface area contributed by atoms with Crippen LogP contribution in [0.1, 0.15) is 35.8 Å². The fourth-order valence-corrected chi connectivity index (χ4v) is 3.22. The Balaban J connectivity index is 1.84. The number of benzene rings is 1. The van der Waals surface area contributed by atoms with Gasteiger partial charge >= 0.3 is 0 Å². The van der Waals surface area contributed by atoms with E-state index < -0.39 is 0 Å². The summed E-state index contributed by atoms with van der Waals surface area (Å²) in [4.78, 5) is 14.7. The molecule has 3 rings (SSSR count). The van der Waals surface area contributed by atoms with E-state index in [2.05, 4.69) is 12.0 Å². The van der Waals surface area contributed by atoms with Gasteiger partial charge in [0.2, 0.25) is 0 Å². The van der Waals surface area contributed by atoms with Crippen molar-refractivity contribution in [2.45, 2.75) is 26.2 Å². The van der Waals surface area contributed by atoms with Gasteiger partial charge in [-0.2, -0.15) is 5.10 Å². The second-order valence-electron chi connectivity index (χ2n) is 6.42. The average molecular weight is 327 g/mol. The van der Waals surface area contributed by atoms with Crippen molar-refractivity contribution < 1.29 is 9.53 Å². The summed E-state index contributed by atoms with van der Waals surface area (Å²) in [6.07, 6.45) is 4.54. The topological polar surface area (TPSA) is 47.4 Å². The monoisotopic (exact) mass is 327 g/mol. The summed E-state index contributed by atoms with van der Waals surface area (Å²) >= 11 is 0. The number of aromatic nitrogens is 2. The molecule has 1 fully saturated rings. The van der Waals surface area contributed by atoms with Gasteiger partial charge in [0, 0.05) is 26.1 Å². The molecule has 1 amide bonds. The molecule has 5 heteroatoms. The van der Waals surface area contributed by atoms with Gasteiger partial charge in [0.15, 0.2) is 0 Å². The lowest BCUT2D eigenvalue weighted by atomic mass is 10.1. The van der Waals surface area contributed by atoms with Crippen LogP contribution in [0.25, 0.3) is 5.69 Å². The van der Waals surface area contributed by atoms with Crippen molar-refractivity contribution in [1.29, 1.82) is 0 Å². The van der Waals surface area contributed by atoms with Crippen LogP contribution in [-0.2, 0) is 11.2 Å². The summed E-state index contributed by atoms with van der Waals surface area (Å²) in [7, 11) is 1.87. The number of amides is 1. The highest BCUT2D eigenvalue weighted by atomic mass is 16.5. The van der Waals surface area contributed by atoms with Crippen LogP contribution < -0.4 is 0 Å². The van der Waals surface area contributed by atoms with Gasteiger partial charge in [-0.1, -0.05) is 31.5 Å². The van der Waals surface area contributed by atoms with Crippen molar-refractivity contribution in [2.24, 2.45) is 5.92 Å². The van der Waals surface area contributed by atoms with Gasteiger partial charge in [0.05, 0.1) is 29.7 Å². The molecule has 0 saturated carbocycles. The molecule has 0 radical (unpaired) electrons. The zero-order valence-corrected chi connectivity index (χ0v) is 14.4. The van der Waals surface area contributed by atoms with E-state index in [-0.39, 0.29) is 5.91 Å². The molecule has 1 atom stereocenters. The molecule has 1 saturated heterocycles. The summed E-state index contributed by atoms with van der Waals surface area (Å²) < 4.78 is 7.31. The molecule has 5 nitrogen and oxygen atoms in total. The van der Waals surface area contributed by atoms with Gasteiger partial charge in [-0.05, 0) is 25.0 Å². The molecule has 0 N–H and O–H groups in total. The summed E-state index contributed by atoms with van der Waals surface area (Å²) in [5.74, 6) is 0.491. The molecule has 0 bridgehead atoms. The number of rotatable bonds is 6. The zero-order chi connectivity index (χ0) is 16.9. The maximum Gasteiger partial charge on any atom is 0.257 e. The van der Waals surface area contributed by atoms with E-state index in [1.165, 1.54) is 0 Å². The average Bonchev–Trinajstić information content (AvgIpc) is 3.25. The first kappa shape index (κ1) is 16.7. The minimum atomic E-state index is 0.0486. The van der Waals surface area contributed by atoms with Crippen LogP contribution in [-0.4, -0.2) is 47.4 Å². The summed E-state index contributed by atoms with van der Waals surface area (Å²) in [6.45, 7) is 4.42. The van der Waals surface area contributed by atoms with Gasteiger partial charge in [0.25, 0.3) is 5.91 Å². The molecular weight excluding hydrogens is 302 g/mol. The summed E-state index contributed by atoms with van der Waals surface area (Å²) in [5, 5.41) is 4.48. The first-order valence-corrected chi connectivity index (χ1v) is 8.66. The number of ether oxygens (including phenoxy) is 1. The number of hydrogen-bond acceptors (Lipinski definition) is 3. The molecule has 1 aromatic carbocycles. The van der Waals surface area contributed by atoms with Crippen LogP contribution in [0.2, 0.25) is 0 Å². The van der Waals surface area contributed by atoms with Crippen LogP contribution >= 0.6 is 0 Å². The van der Waals surface area contributed by atoms with E-state index in [1.807, 2.05) is 47.0 Å². The highest BCUT2D eigenvalue weighted by molar-refractivity contribution is 5.95. The van der Waals surface area contributed by atoms with E-state index >= 15 is 0 Å². The Morgan fingerprint density at radius 1 is 1.38 bits per heavy atom. The van der Waals surface area contributed by atoms with Crippen molar-refractivity contribution in [2.75, 3.05) is 26.8 Å². The lowest BCUT2D eigenvalue weighted by molar-refractivity contribution is 0.0765. The van der Waals surface area contributed by atoms with Gasteiger partial charge in [-0.25, -0.2) is 4.68 Å². The molecule has 1 aliphatic rings. The molecule has 2 heterocycles. The largest absolute Gasteiger partial charge is 0.381 e. The first-order valence-electron chi connectivity index (χ1n) is 8.66. The van der Waals surface area contributed by atoms with Crippen molar-refractivity contribution in [1.82, 2.24) is 14.7 Å². The number of para-hydroxylation sites is 1. The van der Waals surface area contributed by atoms with E-state index in [9.17, 15) is 4.79 Å². The Labute approximate surface area is 143 Å². The van der Waals surface area contributed by atoms with E-state index in [1.54, 1.807) is 6.20 Å². The molecular formula is C19H25N3O2. The number of carbonyl (C=O) groups excluding carboxylic acids is 1. The second-order valence-corrected chi connectivity index (χ2v) is 6.42. The SMILES string of the molecule is CCCc1c(C(=O)N(C)C[C@@H]2CCOC2)cnn1-c1ccccc1. The van der Waals surface area contributed by atoms with Gasteiger partial charge in [-0.15, -0.1) is 0 Å². The molecule has 0 aliphatic carbocycles. The van der Waals surface area contributed by atoms with Crippen LogP contribution in [0.4, 0.5) is 0 Å². The molecule has 128 valence electrons. The third-order valence-corrected chi connectivity index (χ3v) is 4.49. The molecule has 2 aromatic rings. The summed E-state index contributed by atoms with van der Waals surface area (Å²) in [6, 6.07) is 9.98. The first-order chi connectivity index (χ1) is 11.7. The maximum atomic E-state index is 12.9. The van der Waals surface area contributed by atoms with E-state index in [0.717, 1.165) is 50.4 Å². The quantitative estimate of drug-likeness (QED) is 0.819. The Kier molecular flexibility index (Phi) is 5.30. The number of hydrogen-bond donors (Lipinski definition) is 0. The number of carbonyl (C=O) groups is 1. The minimum absolute atomic E-state index is 0.0486. The van der Waals surface area contributed by atoms with Crippen molar-refractivity contribution >= 4 is 5.91 Å². The van der Waals surface area contributed by atoms with Crippen LogP contribution in [0.15, 0.2) is 36.5 Å². The van der Waals surface area contributed by atoms with Gasteiger partial charge in [-0.3, -0.25) is 4.79 Å². The van der Waals surface area contributed by atoms with Crippen molar-refractivity contribution in [3.8, 4) is 5.69 Å². The van der Waals surface area contributed by atoms with Gasteiger partial charge < -0.3 is 9.64 Å². The van der Waals surface area contributed by atoms with Crippen molar-refractivity contribution in [3.05, 3.63) is 47.8 Å². The Hall–Kier alpha value is -2.14. The Bertz CT molecular complexity index is 675. The lowest BCUT2D eigenvalue weighted by Gasteiger charge is -2.20. The Morgan fingerprint density at radius 3 is 2.83 bits per heavy atom. The fourth-order valence-electron chi connectivity index (χ4n) is 3.22. The molecule has 0 unspecified atom stereocenters. The predicted octanol–water partition coefficient (Wildman–Crippen LogP) is 2.93. The van der Waals surface area contributed by atoms with Crippen LogP contribution in [0.3, 0.4) is 0 Å². The normalized spacial score (nSPS) is 17.2. The summed E-state index contributed by atoms with van der Waals surface area (Å²) in [5.41, 5.74) is 2.69. The van der Waals surface area contributed by atoms with Crippen LogP contribution in [0.5, 0.6) is 0 Å². The highest BCUT2D eigenvalue weighted by Gasteiger charge is 2.24. The third-order valence-electron chi connectivity index (χ3n) is 4.49. The minimum Gasteiger partial charge on any atom is -0.381 e. The van der Waals surface area contributed by atoms with E-state index in [0.29, 0.717) is 11.5 Å². The zero-order valence-electron chi connectivity index (χ0n) is 14.4. The Morgan fingerprint density at radius 2 is 2.17 bits per heavy atom. The maximum absolute atomic E-state index is 12.9. The molecule has 1 aliphatic heterocycles.